The molecular weight excluding hydrogens is 390 g/mol. The van der Waals surface area contributed by atoms with E-state index in [4.69, 9.17) is 0 Å². The fourth-order valence-corrected chi connectivity index (χ4v) is 4.07. The van der Waals surface area contributed by atoms with E-state index in [1.165, 1.54) is 6.07 Å². The molecule has 2 amide bonds. The van der Waals surface area contributed by atoms with Crippen LogP contribution in [0, 0.1) is 17.6 Å². The third kappa shape index (κ3) is 4.95. The van der Waals surface area contributed by atoms with Gasteiger partial charge in [-0.3, -0.25) is 0 Å². The Balaban J connectivity index is 1.17. The van der Waals surface area contributed by atoms with Crippen LogP contribution < -0.4 is 20.4 Å². The molecular formula is C21H26F2N6O. The molecule has 0 saturated carbocycles. The molecule has 0 radical (unpaired) electrons. The zero-order valence-electron chi connectivity index (χ0n) is 16.7. The van der Waals surface area contributed by atoms with Gasteiger partial charge < -0.3 is 20.4 Å². The average molecular weight is 416 g/mol. The maximum Gasteiger partial charge on any atom is 0.315 e. The van der Waals surface area contributed by atoms with Crippen molar-refractivity contribution in [2.24, 2.45) is 5.92 Å². The minimum absolute atomic E-state index is 0.132. The second-order valence-electron chi connectivity index (χ2n) is 7.86. The highest BCUT2D eigenvalue weighted by atomic mass is 19.2. The molecule has 1 atom stereocenters. The van der Waals surface area contributed by atoms with Gasteiger partial charge in [0, 0.05) is 62.9 Å². The Kier molecular flexibility index (Phi) is 6.25. The minimum atomic E-state index is -0.838. The number of carbonyl (C=O) groups excluding carboxylic acids is 1. The van der Waals surface area contributed by atoms with Crippen LogP contribution in [-0.4, -0.2) is 54.8 Å². The van der Waals surface area contributed by atoms with E-state index in [0.717, 1.165) is 50.9 Å². The van der Waals surface area contributed by atoms with Crippen LogP contribution in [0.5, 0.6) is 0 Å². The van der Waals surface area contributed by atoms with E-state index in [1.54, 1.807) is 24.5 Å². The van der Waals surface area contributed by atoms with E-state index in [0.29, 0.717) is 18.8 Å². The fourth-order valence-electron chi connectivity index (χ4n) is 4.07. The number of benzene rings is 1. The third-order valence-electron chi connectivity index (χ3n) is 5.77. The van der Waals surface area contributed by atoms with E-state index < -0.39 is 11.6 Å². The number of aromatic nitrogens is 2. The molecule has 1 unspecified atom stereocenters. The highest BCUT2D eigenvalue weighted by Crippen LogP contribution is 2.25. The number of piperidine rings is 1. The van der Waals surface area contributed by atoms with Gasteiger partial charge >= 0.3 is 6.03 Å². The van der Waals surface area contributed by atoms with Crippen molar-refractivity contribution in [3.63, 3.8) is 0 Å². The van der Waals surface area contributed by atoms with Gasteiger partial charge in [0.05, 0.1) is 0 Å². The predicted octanol–water partition coefficient (Wildman–Crippen LogP) is 2.55. The lowest BCUT2D eigenvalue weighted by Gasteiger charge is -2.32. The van der Waals surface area contributed by atoms with Crippen LogP contribution in [0.25, 0.3) is 0 Å². The lowest BCUT2D eigenvalue weighted by Crippen LogP contribution is -2.49. The van der Waals surface area contributed by atoms with Crippen molar-refractivity contribution in [1.29, 1.82) is 0 Å². The lowest BCUT2D eigenvalue weighted by molar-refractivity contribution is 0.233. The fraction of sp³-hybridized carbons (Fsp3) is 0.476. The topological polar surface area (TPSA) is 73.4 Å². The van der Waals surface area contributed by atoms with Gasteiger partial charge in [0.15, 0.2) is 11.6 Å². The van der Waals surface area contributed by atoms with Crippen LogP contribution in [0.1, 0.15) is 19.3 Å². The summed E-state index contributed by atoms with van der Waals surface area (Å²) in [5.41, 5.74) is 0.676. The lowest BCUT2D eigenvalue weighted by atomic mass is 10.1. The molecule has 3 heterocycles. The molecule has 2 saturated heterocycles. The van der Waals surface area contributed by atoms with Crippen molar-refractivity contribution in [1.82, 2.24) is 20.6 Å². The summed E-state index contributed by atoms with van der Waals surface area (Å²) in [7, 11) is 0. The summed E-state index contributed by atoms with van der Waals surface area (Å²) in [4.78, 5) is 25.0. The van der Waals surface area contributed by atoms with Gasteiger partial charge in [-0.25, -0.2) is 23.5 Å². The summed E-state index contributed by atoms with van der Waals surface area (Å²) >= 11 is 0. The standard InChI is InChI=1S/C21H26F2N6O/c22-18-3-2-17(12-19(18)23)29-9-4-15(14-29)13-26-21(30)27-16-5-10-28(11-6-16)20-24-7-1-8-25-20/h1-3,7-8,12,15-16H,4-6,9-11,13-14H2,(H2,26,27,30). The summed E-state index contributed by atoms with van der Waals surface area (Å²) < 4.78 is 26.6. The Morgan fingerprint density at radius 1 is 1.03 bits per heavy atom. The number of nitrogens with zero attached hydrogens (tertiary/aromatic N) is 4. The van der Waals surface area contributed by atoms with E-state index in [-0.39, 0.29) is 18.0 Å². The van der Waals surface area contributed by atoms with Crippen molar-refractivity contribution in [3.05, 3.63) is 48.3 Å². The largest absolute Gasteiger partial charge is 0.371 e. The van der Waals surface area contributed by atoms with Gasteiger partial charge in [0.2, 0.25) is 5.95 Å². The first-order valence-corrected chi connectivity index (χ1v) is 10.3. The minimum Gasteiger partial charge on any atom is -0.371 e. The van der Waals surface area contributed by atoms with Crippen molar-refractivity contribution in [2.45, 2.75) is 25.3 Å². The molecule has 1 aromatic heterocycles. The summed E-state index contributed by atoms with van der Waals surface area (Å²) in [6.07, 6.45) is 6.06. The Bertz CT molecular complexity index is 860. The Morgan fingerprint density at radius 2 is 1.77 bits per heavy atom. The van der Waals surface area contributed by atoms with Crippen LogP contribution in [0.4, 0.5) is 25.2 Å². The molecule has 0 aliphatic carbocycles. The van der Waals surface area contributed by atoms with Gasteiger partial charge in [-0.05, 0) is 43.4 Å². The van der Waals surface area contributed by atoms with Crippen molar-refractivity contribution < 1.29 is 13.6 Å². The smallest absolute Gasteiger partial charge is 0.315 e. The van der Waals surface area contributed by atoms with Gasteiger partial charge in [0.1, 0.15) is 0 Å². The first kappa shape index (κ1) is 20.3. The number of amides is 2. The maximum absolute atomic E-state index is 13.5. The second kappa shape index (κ2) is 9.23. The highest BCUT2D eigenvalue weighted by Gasteiger charge is 2.25. The molecule has 4 rings (SSSR count). The number of carbonyl (C=O) groups is 1. The molecule has 160 valence electrons. The van der Waals surface area contributed by atoms with E-state index in [1.807, 2.05) is 4.90 Å². The summed E-state index contributed by atoms with van der Waals surface area (Å²) in [6, 6.07) is 5.74. The molecule has 9 heteroatoms. The van der Waals surface area contributed by atoms with Crippen LogP contribution in [0.15, 0.2) is 36.7 Å². The number of anilines is 2. The number of halogens is 2. The zero-order chi connectivity index (χ0) is 20.9. The number of nitrogens with one attached hydrogen (secondary N) is 2. The molecule has 2 aliphatic rings. The van der Waals surface area contributed by atoms with Crippen LogP contribution in [0.3, 0.4) is 0 Å². The average Bonchev–Trinajstić information content (AvgIpc) is 3.24. The molecule has 7 nitrogen and oxygen atoms in total. The summed E-state index contributed by atoms with van der Waals surface area (Å²) in [6.45, 7) is 3.64. The second-order valence-corrected chi connectivity index (χ2v) is 7.86. The Morgan fingerprint density at radius 3 is 2.50 bits per heavy atom. The SMILES string of the molecule is O=C(NCC1CCN(c2ccc(F)c(F)c2)C1)NC1CCN(c2ncccn2)CC1. The van der Waals surface area contributed by atoms with Gasteiger partial charge in [-0.1, -0.05) is 0 Å². The van der Waals surface area contributed by atoms with Gasteiger partial charge in [-0.2, -0.15) is 0 Å². The monoisotopic (exact) mass is 416 g/mol. The molecule has 2 aromatic rings. The van der Waals surface area contributed by atoms with Crippen molar-refractivity contribution in [2.75, 3.05) is 42.5 Å². The van der Waals surface area contributed by atoms with Crippen LogP contribution >= 0.6 is 0 Å². The zero-order valence-corrected chi connectivity index (χ0v) is 16.7. The van der Waals surface area contributed by atoms with Crippen LogP contribution in [-0.2, 0) is 0 Å². The van der Waals surface area contributed by atoms with Crippen molar-refractivity contribution >= 4 is 17.7 Å². The molecule has 30 heavy (non-hydrogen) atoms. The maximum atomic E-state index is 13.5. The normalized spacial score (nSPS) is 19.7. The van der Waals surface area contributed by atoms with Crippen molar-refractivity contribution in [3.8, 4) is 0 Å². The van der Waals surface area contributed by atoms with Gasteiger partial charge in [0.25, 0.3) is 0 Å². The molecule has 1 aromatic carbocycles. The molecule has 0 bridgehead atoms. The third-order valence-corrected chi connectivity index (χ3v) is 5.77. The van der Waals surface area contributed by atoms with Crippen LogP contribution in [0.2, 0.25) is 0 Å². The highest BCUT2D eigenvalue weighted by molar-refractivity contribution is 5.74. The number of rotatable bonds is 5. The van der Waals surface area contributed by atoms with E-state index in [2.05, 4.69) is 25.5 Å². The number of hydrogen-bond donors (Lipinski definition) is 2. The molecule has 2 fully saturated rings. The van der Waals surface area contributed by atoms with Gasteiger partial charge in [-0.15, -0.1) is 0 Å². The predicted molar refractivity (Wildman–Crippen MR) is 110 cm³/mol. The Labute approximate surface area is 174 Å². The van der Waals surface area contributed by atoms with E-state index >= 15 is 0 Å². The first-order valence-electron chi connectivity index (χ1n) is 10.3. The van der Waals surface area contributed by atoms with E-state index in [9.17, 15) is 13.6 Å². The number of urea groups is 1. The Hall–Kier alpha value is -2.97. The summed E-state index contributed by atoms with van der Waals surface area (Å²) in [5.74, 6) is -0.665. The molecule has 0 spiro atoms. The summed E-state index contributed by atoms with van der Waals surface area (Å²) in [5, 5.41) is 6.01. The molecule has 2 aliphatic heterocycles. The quantitative estimate of drug-likeness (QED) is 0.784. The molecule has 2 N–H and O–H groups in total. The first-order chi connectivity index (χ1) is 14.6. The number of hydrogen-bond acceptors (Lipinski definition) is 5.